The van der Waals surface area contributed by atoms with Crippen molar-refractivity contribution in [3.63, 3.8) is 0 Å². The Kier molecular flexibility index (Phi) is 5.33. The molecule has 0 aliphatic heterocycles. The summed E-state index contributed by atoms with van der Waals surface area (Å²) in [6, 6.07) is 4.38. The standard InChI is InChI=1S/C13H15F3O3S/c1-20(18,19)8-2-3-12(17)9-10-4-6-11(7-5-10)13(14,15)16/h4-7H,2-3,8-9H2,1H3. The molecule has 0 fully saturated rings. The Morgan fingerprint density at radius 2 is 1.70 bits per heavy atom. The van der Waals surface area contributed by atoms with Crippen LogP contribution in [0.25, 0.3) is 0 Å². The number of halogens is 3. The SMILES string of the molecule is CS(=O)(=O)CCCC(=O)Cc1ccc(C(F)(F)F)cc1. The van der Waals surface area contributed by atoms with Gasteiger partial charge in [0.2, 0.25) is 0 Å². The van der Waals surface area contributed by atoms with Gasteiger partial charge in [0.25, 0.3) is 0 Å². The summed E-state index contributed by atoms with van der Waals surface area (Å²) in [4.78, 5) is 11.6. The molecule has 0 heterocycles. The smallest absolute Gasteiger partial charge is 0.299 e. The van der Waals surface area contributed by atoms with Gasteiger partial charge in [-0.25, -0.2) is 8.42 Å². The first-order valence-electron chi connectivity index (χ1n) is 5.93. The van der Waals surface area contributed by atoms with Gasteiger partial charge in [-0.1, -0.05) is 12.1 Å². The molecule has 0 saturated carbocycles. The molecule has 0 unspecified atom stereocenters. The lowest BCUT2D eigenvalue weighted by atomic mass is 10.0. The highest BCUT2D eigenvalue weighted by molar-refractivity contribution is 7.90. The molecule has 0 radical (unpaired) electrons. The predicted octanol–water partition coefficient (Wildman–Crippen LogP) is 2.64. The number of sulfone groups is 1. The van der Waals surface area contributed by atoms with Crippen LogP contribution in [0.4, 0.5) is 13.2 Å². The lowest BCUT2D eigenvalue weighted by Crippen LogP contribution is -2.09. The van der Waals surface area contributed by atoms with Crippen LogP contribution in [0.5, 0.6) is 0 Å². The van der Waals surface area contributed by atoms with E-state index in [0.717, 1.165) is 18.4 Å². The summed E-state index contributed by atoms with van der Waals surface area (Å²) in [6.45, 7) is 0. The van der Waals surface area contributed by atoms with Gasteiger partial charge in [0.05, 0.1) is 11.3 Å². The molecule has 112 valence electrons. The van der Waals surface area contributed by atoms with Crippen molar-refractivity contribution in [2.24, 2.45) is 0 Å². The van der Waals surface area contributed by atoms with Crippen LogP contribution < -0.4 is 0 Å². The van der Waals surface area contributed by atoms with Gasteiger partial charge >= 0.3 is 6.18 Å². The number of hydrogen-bond acceptors (Lipinski definition) is 3. The molecule has 3 nitrogen and oxygen atoms in total. The maximum atomic E-state index is 12.3. The number of hydrogen-bond donors (Lipinski definition) is 0. The van der Waals surface area contributed by atoms with Crippen molar-refractivity contribution in [1.82, 2.24) is 0 Å². The lowest BCUT2D eigenvalue weighted by Gasteiger charge is -2.07. The number of benzene rings is 1. The molecule has 0 aromatic heterocycles. The van der Waals surface area contributed by atoms with Crippen molar-refractivity contribution in [3.8, 4) is 0 Å². The zero-order valence-corrected chi connectivity index (χ0v) is 11.7. The highest BCUT2D eigenvalue weighted by Crippen LogP contribution is 2.29. The quantitative estimate of drug-likeness (QED) is 0.812. The van der Waals surface area contributed by atoms with Gasteiger partial charge in [0, 0.05) is 19.1 Å². The fourth-order valence-corrected chi connectivity index (χ4v) is 2.33. The molecule has 1 aromatic carbocycles. The molecular weight excluding hydrogens is 293 g/mol. The molecule has 1 aromatic rings. The molecule has 7 heteroatoms. The fourth-order valence-electron chi connectivity index (χ4n) is 1.66. The third-order valence-electron chi connectivity index (χ3n) is 2.65. The summed E-state index contributed by atoms with van der Waals surface area (Å²) < 4.78 is 58.8. The van der Waals surface area contributed by atoms with Crippen molar-refractivity contribution in [2.45, 2.75) is 25.4 Å². The minimum atomic E-state index is -4.39. The minimum Gasteiger partial charge on any atom is -0.299 e. The Labute approximate surface area is 115 Å². The molecule has 0 bridgehead atoms. The first-order chi connectivity index (χ1) is 9.08. The van der Waals surface area contributed by atoms with Crippen LogP contribution in [0, 0.1) is 0 Å². The van der Waals surface area contributed by atoms with Gasteiger partial charge < -0.3 is 0 Å². The van der Waals surface area contributed by atoms with Crippen LogP contribution >= 0.6 is 0 Å². The average Bonchev–Trinajstić information content (AvgIpc) is 2.26. The second-order valence-corrected chi connectivity index (χ2v) is 6.90. The van der Waals surface area contributed by atoms with Crippen molar-refractivity contribution < 1.29 is 26.4 Å². The van der Waals surface area contributed by atoms with Gasteiger partial charge in [-0.2, -0.15) is 13.2 Å². The van der Waals surface area contributed by atoms with E-state index in [9.17, 15) is 26.4 Å². The molecule has 0 aliphatic carbocycles. The number of Topliss-reactive ketones (excluding diaryl/α,β-unsaturated/α-hetero) is 1. The van der Waals surface area contributed by atoms with Gasteiger partial charge in [0.15, 0.2) is 0 Å². The fraction of sp³-hybridized carbons (Fsp3) is 0.462. The van der Waals surface area contributed by atoms with Gasteiger partial charge in [-0.15, -0.1) is 0 Å². The Morgan fingerprint density at radius 3 is 2.15 bits per heavy atom. The minimum absolute atomic E-state index is 0.0158. The molecule has 0 amide bonds. The summed E-state index contributed by atoms with van der Waals surface area (Å²) >= 11 is 0. The second-order valence-electron chi connectivity index (χ2n) is 4.64. The van der Waals surface area contributed by atoms with Crippen LogP contribution in [0.2, 0.25) is 0 Å². The van der Waals surface area contributed by atoms with E-state index in [1.54, 1.807) is 0 Å². The third-order valence-corrected chi connectivity index (χ3v) is 3.68. The Morgan fingerprint density at radius 1 is 1.15 bits per heavy atom. The van der Waals surface area contributed by atoms with Crippen LogP contribution in [-0.2, 0) is 27.2 Å². The van der Waals surface area contributed by atoms with E-state index in [-0.39, 0.29) is 30.8 Å². The monoisotopic (exact) mass is 308 g/mol. The molecule has 0 saturated heterocycles. The number of rotatable bonds is 6. The third kappa shape index (κ3) is 6.18. The Bertz CT molecular complexity index is 560. The van der Waals surface area contributed by atoms with Crippen LogP contribution in [0.3, 0.4) is 0 Å². The summed E-state index contributed by atoms with van der Waals surface area (Å²) in [5.41, 5.74) is -0.270. The Hall–Kier alpha value is -1.37. The van der Waals surface area contributed by atoms with Gasteiger partial charge in [-0.05, 0) is 24.1 Å². The molecule has 20 heavy (non-hydrogen) atoms. The summed E-state index contributed by atoms with van der Waals surface area (Å²) in [5.74, 6) is -0.250. The number of carbonyl (C=O) groups is 1. The normalized spacial score (nSPS) is 12.4. The summed E-state index contributed by atoms with van der Waals surface area (Å²) in [7, 11) is -3.09. The zero-order chi connectivity index (χ0) is 15.4. The first-order valence-corrected chi connectivity index (χ1v) is 7.99. The van der Waals surface area contributed by atoms with E-state index in [0.29, 0.717) is 5.56 Å². The lowest BCUT2D eigenvalue weighted by molar-refractivity contribution is -0.137. The maximum absolute atomic E-state index is 12.3. The van der Waals surface area contributed by atoms with E-state index in [4.69, 9.17) is 0 Å². The predicted molar refractivity (Wildman–Crippen MR) is 69.1 cm³/mol. The van der Waals surface area contributed by atoms with Crippen molar-refractivity contribution >= 4 is 15.6 Å². The summed E-state index contributed by atoms with van der Waals surface area (Å²) in [6.07, 6.45) is -2.94. The van der Waals surface area contributed by atoms with E-state index < -0.39 is 21.6 Å². The van der Waals surface area contributed by atoms with Crippen LogP contribution in [0.1, 0.15) is 24.0 Å². The molecule has 0 spiro atoms. The first kappa shape index (κ1) is 16.7. The second kappa shape index (κ2) is 6.39. The summed E-state index contributed by atoms with van der Waals surface area (Å²) in [5, 5.41) is 0. The highest BCUT2D eigenvalue weighted by atomic mass is 32.2. The molecule has 1 rings (SSSR count). The number of ketones is 1. The van der Waals surface area contributed by atoms with Gasteiger partial charge in [-0.3, -0.25) is 4.79 Å². The largest absolute Gasteiger partial charge is 0.416 e. The van der Waals surface area contributed by atoms with Crippen molar-refractivity contribution in [3.05, 3.63) is 35.4 Å². The van der Waals surface area contributed by atoms with E-state index in [1.165, 1.54) is 12.1 Å². The highest BCUT2D eigenvalue weighted by Gasteiger charge is 2.29. The maximum Gasteiger partial charge on any atom is 0.416 e. The van der Waals surface area contributed by atoms with Crippen molar-refractivity contribution in [1.29, 1.82) is 0 Å². The molecular formula is C13H15F3O3S. The zero-order valence-electron chi connectivity index (χ0n) is 10.9. The van der Waals surface area contributed by atoms with E-state index in [2.05, 4.69) is 0 Å². The molecule has 0 atom stereocenters. The van der Waals surface area contributed by atoms with Gasteiger partial charge in [0.1, 0.15) is 15.6 Å². The molecule has 0 N–H and O–H groups in total. The van der Waals surface area contributed by atoms with Crippen LogP contribution in [0.15, 0.2) is 24.3 Å². The number of carbonyl (C=O) groups excluding carboxylic acids is 1. The van der Waals surface area contributed by atoms with E-state index >= 15 is 0 Å². The van der Waals surface area contributed by atoms with Crippen molar-refractivity contribution in [2.75, 3.05) is 12.0 Å². The van der Waals surface area contributed by atoms with E-state index in [1.807, 2.05) is 0 Å². The average molecular weight is 308 g/mol. The number of alkyl halides is 3. The van der Waals surface area contributed by atoms with Crippen LogP contribution in [-0.4, -0.2) is 26.2 Å². The molecule has 0 aliphatic rings. The topological polar surface area (TPSA) is 51.2 Å². The Balaban J connectivity index is 2.51.